The Labute approximate surface area is 109 Å². The van der Waals surface area contributed by atoms with Gasteiger partial charge in [0, 0.05) is 6.54 Å². The van der Waals surface area contributed by atoms with Crippen molar-refractivity contribution in [2.45, 2.75) is 38.0 Å². The fourth-order valence-electron chi connectivity index (χ4n) is 2.36. The summed E-state index contributed by atoms with van der Waals surface area (Å²) in [5.41, 5.74) is -1.31. The summed E-state index contributed by atoms with van der Waals surface area (Å²) in [6, 6.07) is 0. The predicted octanol–water partition coefficient (Wildman–Crippen LogP) is -0.618. The maximum absolute atomic E-state index is 11.7. The molecule has 1 aliphatic rings. The molecule has 0 aliphatic carbocycles. The Morgan fingerprint density at radius 1 is 1.42 bits per heavy atom. The molecule has 106 valence electrons. The lowest BCUT2D eigenvalue weighted by atomic mass is 10.2. The molecule has 7 nitrogen and oxygen atoms in total. The van der Waals surface area contributed by atoms with Crippen LogP contribution in [0.4, 0.5) is 0 Å². The number of sulfone groups is 1. The van der Waals surface area contributed by atoms with Gasteiger partial charge in [0.05, 0.1) is 16.6 Å². The van der Waals surface area contributed by atoms with E-state index in [2.05, 4.69) is 4.98 Å². The summed E-state index contributed by atoms with van der Waals surface area (Å²) in [5.74, 6) is -0.324. The summed E-state index contributed by atoms with van der Waals surface area (Å²) >= 11 is 0. The van der Waals surface area contributed by atoms with Crippen LogP contribution in [0.2, 0.25) is 0 Å². The van der Waals surface area contributed by atoms with Gasteiger partial charge in [0.15, 0.2) is 9.84 Å². The van der Waals surface area contributed by atoms with Gasteiger partial charge in [-0.1, -0.05) is 6.92 Å². The molecule has 1 unspecified atom stereocenters. The standard InChI is InChI=1S/C11H16N2O5S/c1-2-8-9(14)12-11(16)13(10(8)15)6-7-4-3-5-19(7,17)18/h7,15H,2-6H2,1H3,(H,12,14,16). The van der Waals surface area contributed by atoms with Crippen LogP contribution >= 0.6 is 0 Å². The molecular formula is C11H16N2O5S. The van der Waals surface area contributed by atoms with Crippen LogP contribution < -0.4 is 11.2 Å². The fraction of sp³-hybridized carbons (Fsp3) is 0.636. The van der Waals surface area contributed by atoms with Crippen LogP contribution in [0.25, 0.3) is 0 Å². The molecule has 0 bridgehead atoms. The third-order valence-electron chi connectivity index (χ3n) is 3.47. The number of rotatable bonds is 3. The Kier molecular flexibility index (Phi) is 3.53. The number of hydrogen-bond donors (Lipinski definition) is 2. The second kappa shape index (κ2) is 4.84. The van der Waals surface area contributed by atoms with Gasteiger partial charge in [-0.25, -0.2) is 13.2 Å². The molecule has 8 heteroatoms. The highest BCUT2D eigenvalue weighted by Gasteiger charge is 2.32. The van der Waals surface area contributed by atoms with E-state index in [9.17, 15) is 23.1 Å². The summed E-state index contributed by atoms with van der Waals surface area (Å²) < 4.78 is 24.4. The monoisotopic (exact) mass is 288 g/mol. The summed E-state index contributed by atoms with van der Waals surface area (Å²) in [5, 5.41) is 9.25. The summed E-state index contributed by atoms with van der Waals surface area (Å²) in [6.07, 6.45) is 1.29. The van der Waals surface area contributed by atoms with Gasteiger partial charge in [0.2, 0.25) is 5.88 Å². The van der Waals surface area contributed by atoms with E-state index >= 15 is 0 Å². The van der Waals surface area contributed by atoms with Gasteiger partial charge in [-0.05, 0) is 19.3 Å². The minimum Gasteiger partial charge on any atom is -0.494 e. The Hall–Kier alpha value is -1.57. The van der Waals surface area contributed by atoms with E-state index in [4.69, 9.17) is 0 Å². The number of nitrogens with zero attached hydrogens (tertiary/aromatic N) is 1. The Balaban J connectivity index is 2.47. The summed E-state index contributed by atoms with van der Waals surface area (Å²) in [4.78, 5) is 25.2. The molecule has 1 saturated heterocycles. The van der Waals surface area contributed by atoms with Crippen LogP contribution in [0.3, 0.4) is 0 Å². The molecule has 0 saturated carbocycles. The molecule has 0 amide bonds. The van der Waals surface area contributed by atoms with Crippen molar-refractivity contribution >= 4 is 9.84 Å². The lowest BCUT2D eigenvalue weighted by Crippen LogP contribution is -2.36. The maximum Gasteiger partial charge on any atom is 0.331 e. The van der Waals surface area contributed by atoms with Gasteiger partial charge >= 0.3 is 5.69 Å². The van der Waals surface area contributed by atoms with Crippen molar-refractivity contribution in [2.24, 2.45) is 0 Å². The maximum atomic E-state index is 11.7. The van der Waals surface area contributed by atoms with E-state index in [1.165, 1.54) is 0 Å². The van der Waals surface area contributed by atoms with E-state index in [1.54, 1.807) is 6.92 Å². The number of H-pyrrole nitrogens is 1. The number of nitrogens with one attached hydrogen (secondary N) is 1. The first-order chi connectivity index (χ1) is 8.86. The van der Waals surface area contributed by atoms with Crippen molar-refractivity contribution in [2.75, 3.05) is 5.75 Å². The van der Waals surface area contributed by atoms with Crippen molar-refractivity contribution in [1.29, 1.82) is 0 Å². The number of aromatic amines is 1. The highest BCUT2D eigenvalue weighted by atomic mass is 32.2. The average Bonchev–Trinajstić information content (AvgIpc) is 2.64. The van der Waals surface area contributed by atoms with Crippen LogP contribution in [-0.2, 0) is 22.8 Å². The van der Waals surface area contributed by atoms with Crippen LogP contribution in [0.1, 0.15) is 25.3 Å². The van der Waals surface area contributed by atoms with Crippen LogP contribution in [0.15, 0.2) is 9.59 Å². The smallest absolute Gasteiger partial charge is 0.331 e. The van der Waals surface area contributed by atoms with Gasteiger partial charge < -0.3 is 5.11 Å². The topological polar surface area (TPSA) is 109 Å². The molecular weight excluding hydrogens is 272 g/mol. The minimum absolute atomic E-state index is 0.0926. The molecule has 0 aromatic carbocycles. The zero-order valence-corrected chi connectivity index (χ0v) is 11.4. The van der Waals surface area contributed by atoms with Gasteiger partial charge in [-0.15, -0.1) is 0 Å². The molecule has 0 spiro atoms. The van der Waals surface area contributed by atoms with Gasteiger partial charge in [-0.3, -0.25) is 14.3 Å². The molecule has 1 aliphatic heterocycles. The minimum atomic E-state index is -3.21. The number of hydrogen-bond acceptors (Lipinski definition) is 5. The second-order valence-corrected chi connectivity index (χ2v) is 7.06. The van der Waals surface area contributed by atoms with Gasteiger partial charge in [-0.2, -0.15) is 0 Å². The zero-order chi connectivity index (χ0) is 14.2. The Bertz CT molecular complexity index is 701. The molecule has 2 N–H and O–H groups in total. The number of aromatic hydroxyl groups is 1. The predicted molar refractivity (Wildman–Crippen MR) is 69.2 cm³/mol. The molecule has 19 heavy (non-hydrogen) atoms. The van der Waals surface area contributed by atoms with Crippen LogP contribution in [0.5, 0.6) is 5.88 Å². The first kappa shape index (κ1) is 13.9. The van der Waals surface area contributed by atoms with E-state index < -0.39 is 32.2 Å². The lowest BCUT2D eigenvalue weighted by molar-refractivity contribution is 0.389. The van der Waals surface area contributed by atoms with Crippen molar-refractivity contribution in [3.05, 3.63) is 26.4 Å². The third-order valence-corrected chi connectivity index (χ3v) is 5.73. The largest absolute Gasteiger partial charge is 0.494 e. The third kappa shape index (κ3) is 2.44. The molecule has 0 radical (unpaired) electrons. The highest BCUT2D eigenvalue weighted by molar-refractivity contribution is 7.92. The lowest BCUT2D eigenvalue weighted by Gasteiger charge is -2.14. The molecule has 1 fully saturated rings. The summed E-state index contributed by atoms with van der Waals surface area (Å²) in [7, 11) is -3.21. The van der Waals surface area contributed by atoms with Crippen molar-refractivity contribution in [1.82, 2.24) is 9.55 Å². The second-order valence-electron chi connectivity index (χ2n) is 4.66. The SMILES string of the molecule is CCc1c(O)n(CC2CCCS2(=O)=O)c(=O)[nH]c1=O. The van der Waals surface area contributed by atoms with Gasteiger partial charge in [0.25, 0.3) is 5.56 Å². The molecule has 1 aromatic heterocycles. The van der Waals surface area contributed by atoms with Crippen LogP contribution in [-0.4, -0.2) is 34.1 Å². The normalized spacial score (nSPS) is 21.6. The van der Waals surface area contributed by atoms with Gasteiger partial charge in [0.1, 0.15) is 0 Å². The Morgan fingerprint density at radius 3 is 2.63 bits per heavy atom. The first-order valence-electron chi connectivity index (χ1n) is 6.13. The molecule has 1 atom stereocenters. The molecule has 1 aromatic rings. The zero-order valence-electron chi connectivity index (χ0n) is 10.5. The quantitative estimate of drug-likeness (QED) is 0.770. The number of aromatic nitrogens is 2. The molecule has 2 rings (SSSR count). The van der Waals surface area contributed by atoms with Crippen LogP contribution in [0, 0.1) is 0 Å². The Morgan fingerprint density at radius 2 is 2.11 bits per heavy atom. The summed E-state index contributed by atoms with van der Waals surface area (Å²) in [6.45, 7) is 1.56. The fourth-order valence-corrected chi connectivity index (χ4v) is 4.16. The van der Waals surface area contributed by atoms with E-state index in [1.807, 2.05) is 0 Å². The van der Waals surface area contributed by atoms with E-state index in [-0.39, 0.29) is 24.3 Å². The van der Waals surface area contributed by atoms with E-state index in [0.717, 1.165) is 4.57 Å². The van der Waals surface area contributed by atoms with E-state index in [0.29, 0.717) is 12.8 Å². The highest BCUT2D eigenvalue weighted by Crippen LogP contribution is 2.22. The first-order valence-corrected chi connectivity index (χ1v) is 7.85. The van der Waals surface area contributed by atoms with Crippen molar-refractivity contribution in [3.8, 4) is 5.88 Å². The average molecular weight is 288 g/mol. The van der Waals surface area contributed by atoms with Crippen molar-refractivity contribution in [3.63, 3.8) is 0 Å². The molecule has 2 heterocycles. The van der Waals surface area contributed by atoms with Crippen molar-refractivity contribution < 1.29 is 13.5 Å².